The van der Waals surface area contributed by atoms with Crippen LogP contribution in [0.2, 0.25) is 0 Å². The van der Waals surface area contributed by atoms with Gasteiger partial charge in [0.1, 0.15) is 0 Å². The van der Waals surface area contributed by atoms with Gasteiger partial charge < -0.3 is 15.5 Å². The van der Waals surface area contributed by atoms with Crippen LogP contribution in [0.4, 0.5) is 11.4 Å². The molecule has 0 aliphatic carbocycles. The van der Waals surface area contributed by atoms with E-state index in [2.05, 4.69) is 10.6 Å². The number of para-hydroxylation sites is 1. The molecule has 2 N–H and O–H groups in total. The summed E-state index contributed by atoms with van der Waals surface area (Å²) in [6.45, 7) is 1.05. The average molecular weight is 434 g/mol. The highest BCUT2D eigenvalue weighted by atomic mass is 32.1. The Bertz CT molecular complexity index is 1060. The minimum Gasteiger partial charge on any atom is -0.339 e. The Morgan fingerprint density at radius 3 is 2.29 bits per heavy atom. The summed E-state index contributed by atoms with van der Waals surface area (Å²) in [4.78, 5) is 40.1. The van der Waals surface area contributed by atoms with Gasteiger partial charge in [0.2, 0.25) is 5.91 Å². The molecule has 1 aliphatic rings. The van der Waals surface area contributed by atoms with E-state index in [1.54, 1.807) is 35.2 Å². The number of hydrogen-bond donors (Lipinski definition) is 2. The predicted molar refractivity (Wildman–Crippen MR) is 122 cm³/mol. The molecular weight excluding hydrogens is 410 g/mol. The van der Waals surface area contributed by atoms with Gasteiger partial charge in [0.05, 0.1) is 4.88 Å². The number of benzene rings is 2. The van der Waals surface area contributed by atoms with Crippen LogP contribution >= 0.6 is 11.3 Å². The number of rotatable bonds is 5. The van der Waals surface area contributed by atoms with Crippen molar-refractivity contribution >= 4 is 40.4 Å². The molecular formula is C24H23N3O3S. The number of carbonyl (C=O) groups excluding carboxylic acids is 3. The second kappa shape index (κ2) is 9.57. The van der Waals surface area contributed by atoms with E-state index in [1.165, 1.54) is 11.3 Å². The van der Waals surface area contributed by atoms with Gasteiger partial charge in [-0.15, -0.1) is 11.3 Å². The van der Waals surface area contributed by atoms with Crippen molar-refractivity contribution in [3.05, 3.63) is 82.6 Å². The first-order valence-electron chi connectivity index (χ1n) is 10.2. The van der Waals surface area contributed by atoms with Gasteiger partial charge in [-0.1, -0.05) is 30.3 Å². The second-order valence-electron chi connectivity index (χ2n) is 7.43. The molecule has 3 amide bonds. The van der Waals surface area contributed by atoms with E-state index < -0.39 is 0 Å². The van der Waals surface area contributed by atoms with Gasteiger partial charge in [0, 0.05) is 35.9 Å². The van der Waals surface area contributed by atoms with Crippen molar-refractivity contribution in [2.24, 2.45) is 5.92 Å². The molecule has 7 heteroatoms. The third kappa shape index (κ3) is 5.19. The molecule has 0 saturated carbocycles. The fourth-order valence-electron chi connectivity index (χ4n) is 3.62. The largest absolute Gasteiger partial charge is 0.339 e. The maximum atomic E-state index is 12.9. The van der Waals surface area contributed by atoms with E-state index in [-0.39, 0.29) is 23.6 Å². The van der Waals surface area contributed by atoms with E-state index in [4.69, 9.17) is 0 Å². The molecule has 0 radical (unpaired) electrons. The van der Waals surface area contributed by atoms with Crippen molar-refractivity contribution in [2.75, 3.05) is 23.7 Å². The summed E-state index contributed by atoms with van der Waals surface area (Å²) in [5, 5.41) is 7.62. The summed E-state index contributed by atoms with van der Waals surface area (Å²) in [6, 6.07) is 19.9. The molecule has 1 aliphatic heterocycles. The first kappa shape index (κ1) is 20.8. The summed E-state index contributed by atoms with van der Waals surface area (Å²) in [5.74, 6) is -0.392. The highest BCUT2D eigenvalue weighted by molar-refractivity contribution is 7.12. The van der Waals surface area contributed by atoms with Crippen LogP contribution in [0.15, 0.2) is 72.1 Å². The predicted octanol–water partition coefficient (Wildman–Crippen LogP) is 4.49. The number of carbonyl (C=O) groups is 3. The molecule has 0 atom stereocenters. The van der Waals surface area contributed by atoms with Crippen molar-refractivity contribution in [3.8, 4) is 0 Å². The topological polar surface area (TPSA) is 78.5 Å². The molecule has 158 valence electrons. The Morgan fingerprint density at radius 2 is 1.58 bits per heavy atom. The Morgan fingerprint density at radius 1 is 0.839 bits per heavy atom. The Hall–Kier alpha value is -3.45. The van der Waals surface area contributed by atoms with Crippen LogP contribution in [0.3, 0.4) is 0 Å². The van der Waals surface area contributed by atoms with E-state index in [0.29, 0.717) is 42.1 Å². The lowest BCUT2D eigenvalue weighted by atomic mass is 9.95. The van der Waals surface area contributed by atoms with E-state index in [9.17, 15) is 14.4 Å². The molecule has 0 bridgehead atoms. The standard InChI is InChI=1S/C24H23N3O3S/c28-22(25-19-7-2-1-3-8-19)17-11-13-27(14-12-17)24(30)18-6-4-9-20(16-18)26-23(29)21-10-5-15-31-21/h1-10,15-17H,11-14H2,(H,25,28)(H,26,29). The first-order chi connectivity index (χ1) is 15.1. The van der Waals surface area contributed by atoms with Gasteiger partial charge in [-0.05, 0) is 54.6 Å². The van der Waals surface area contributed by atoms with Crippen LogP contribution in [-0.4, -0.2) is 35.7 Å². The number of thiophene rings is 1. The molecule has 31 heavy (non-hydrogen) atoms. The molecule has 1 fully saturated rings. The van der Waals surface area contributed by atoms with Crippen molar-refractivity contribution in [3.63, 3.8) is 0 Å². The Kier molecular flexibility index (Phi) is 6.43. The number of piperidine rings is 1. The number of nitrogens with one attached hydrogen (secondary N) is 2. The van der Waals surface area contributed by atoms with Gasteiger partial charge in [0.25, 0.3) is 11.8 Å². The van der Waals surface area contributed by atoms with Gasteiger partial charge in [-0.2, -0.15) is 0 Å². The molecule has 1 aromatic heterocycles. The zero-order valence-corrected chi connectivity index (χ0v) is 17.7. The SMILES string of the molecule is O=C(Nc1cccc(C(=O)N2CCC(C(=O)Nc3ccccc3)CC2)c1)c1cccs1. The summed E-state index contributed by atoms with van der Waals surface area (Å²) in [5.41, 5.74) is 1.89. The number of likely N-dealkylation sites (tertiary alicyclic amines) is 1. The highest BCUT2D eigenvalue weighted by Gasteiger charge is 2.28. The third-order valence-corrected chi connectivity index (χ3v) is 6.18. The van der Waals surface area contributed by atoms with Gasteiger partial charge in [-0.3, -0.25) is 14.4 Å². The van der Waals surface area contributed by atoms with Crippen LogP contribution in [0, 0.1) is 5.92 Å². The van der Waals surface area contributed by atoms with E-state index in [0.717, 1.165) is 5.69 Å². The summed E-state index contributed by atoms with van der Waals surface area (Å²) in [7, 11) is 0. The smallest absolute Gasteiger partial charge is 0.265 e. The Balaban J connectivity index is 1.33. The maximum Gasteiger partial charge on any atom is 0.265 e. The molecule has 0 spiro atoms. The number of amides is 3. The number of anilines is 2. The lowest BCUT2D eigenvalue weighted by molar-refractivity contribution is -0.121. The van der Waals surface area contributed by atoms with Crippen LogP contribution < -0.4 is 10.6 Å². The van der Waals surface area contributed by atoms with Crippen LogP contribution in [0.1, 0.15) is 32.9 Å². The molecule has 4 rings (SSSR count). The highest BCUT2D eigenvalue weighted by Crippen LogP contribution is 2.22. The second-order valence-corrected chi connectivity index (χ2v) is 8.38. The number of nitrogens with zero attached hydrogens (tertiary/aromatic N) is 1. The fraction of sp³-hybridized carbons (Fsp3) is 0.208. The maximum absolute atomic E-state index is 12.9. The average Bonchev–Trinajstić information content (AvgIpc) is 3.35. The first-order valence-corrected chi connectivity index (χ1v) is 11.1. The lowest BCUT2D eigenvalue weighted by Gasteiger charge is -2.31. The van der Waals surface area contributed by atoms with Gasteiger partial charge >= 0.3 is 0 Å². The van der Waals surface area contributed by atoms with Crippen molar-refractivity contribution < 1.29 is 14.4 Å². The van der Waals surface area contributed by atoms with Crippen LogP contribution in [0.25, 0.3) is 0 Å². The normalized spacial score (nSPS) is 14.1. The Labute approximate surface area is 184 Å². The minimum absolute atomic E-state index is 0.00316. The van der Waals surface area contributed by atoms with Gasteiger partial charge in [-0.25, -0.2) is 0 Å². The molecule has 0 unspecified atom stereocenters. The van der Waals surface area contributed by atoms with Crippen LogP contribution in [0.5, 0.6) is 0 Å². The van der Waals surface area contributed by atoms with Crippen molar-refractivity contribution in [2.45, 2.75) is 12.8 Å². The van der Waals surface area contributed by atoms with E-state index in [1.807, 2.05) is 41.8 Å². The zero-order valence-electron chi connectivity index (χ0n) is 16.9. The summed E-state index contributed by atoms with van der Waals surface area (Å²) in [6.07, 6.45) is 1.25. The van der Waals surface area contributed by atoms with Crippen molar-refractivity contribution in [1.29, 1.82) is 0 Å². The molecule has 2 aromatic carbocycles. The fourth-order valence-corrected chi connectivity index (χ4v) is 4.24. The molecule has 2 heterocycles. The third-order valence-electron chi connectivity index (χ3n) is 5.31. The monoisotopic (exact) mass is 433 g/mol. The minimum atomic E-state index is -0.190. The summed E-state index contributed by atoms with van der Waals surface area (Å²) >= 11 is 1.37. The van der Waals surface area contributed by atoms with Gasteiger partial charge in [0.15, 0.2) is 0 Å². The van der Waals surface area contributed by atoms with Crippen LogP contribution in [-0.2, 0) is 4.79 Å². The lowest BCUT2D eigenvalue weighted by Crippen LogP contribution is -2.41. The zero-order chi connectivity index (χ0) is 21.6. The summed E-state index contributed by atoms with van der Waals surface area (Å²) < 4.78 is 0. The molecule has 6 nitrogen and oxygen atoms in total. The molecule has 3 aromatic rings. The van der Waals surface area contributed by atoms with E-state index >= 15 is 0 Å². The number of hydrogen-bond acceptors (Lipinski definition) is 4. The van der Waals surface area contributed by atoms with Crippen molar-refractivity contribution in [1.82, 2.24) is 4.90 Å². The molecule has 1 saturated heterocycles. The quantitative estimate of drug-likeness (QED) is 0.622.